The van der Waals surface area contributed by atoms with Crippen molar-refractivity contribution in [1.29, 1.82) is 0 Å². The lowest BCUT2D eigenvalue weighted by Crippen LogP contribution is -2.42. The van der Waals surface area contributed by atoms with Gasteiger partial charge in [0.05, 0.1) is 25.1 Å². The molecule has 1 saturated carbocycles. The Morgan fingerprint density at radius 3 is 2.91 bits per heavy atom. The van der Waals surface area contributed by atoms with E-state index >= 15 is 0 Å². The van der Waals surface area contributed by atoms with Gasteiger partial charge in [-0.2, -0.15) is 5.10 Å². The van der Waals surface area contributed by atoms with Crippen LogP contribution in [0.1, 0.15) is 39.0 Å². The summed E-state index contributed by atoms with van der Waals surface area (Å²) in [6, 6.07) is 0.543. The molecule has 1 aromatic heterocycles. The van der Waals surface area contributed by atoms with Crippen LogP contribution >= 0.6 is 0 Å². The summed E-state index contributed by atoms with van der Waals surface area (Å²) in [5.74, 6) is 0.870. The topological polar surface area (TPSA) is 59.4 Å². The van der Waals surface area contributed by atoms with Gasteiger partial charge >= 0.3 is 0 Å². The van der Waals surface area contributed by atoms with Crippen LogP contribution in [-0.2, 0) is 16.1 Å². The first kappa shape index (κ1) is 16.3. The molecule has 6 heteroatoms. The second-order valence-corrected chi connectivity index (χ2v) is 6.62. The van der Waals surface area contributed by atoms with Crippen molar-refractivity contribution < 1.29 is 9.53 Å². The van der Waals surface area contributed by atoms with Gasteiger partial charge in [-0.05, 0) is 18.8 Å². The maximum Gasteiger partial charge on any atom is 0.244 e. The number of nitrogens with one attached hydrogen (secondary N) is 1. The van der Waals surface area contributed by atoms with Crippen LogP contribution in [0.4, 0.5) is 5.69 Å². The monoisotopic (exact) mass is 320 g/mol. The number of rotatable bonds is 5. The Morgan fingerprint density at radius 1 is 1.35 bits per heavy atom. The zero-order chi connectivity index (χ0) is 16.1. The minimum absolute atomic E-state index is 0.118. The fraction of sp³-hybridized carbons (Fsp3) is 0.765. The first-order valence-corrected chi connectivity index (χ1v) is 8.90. The molecule has 1 N–H and O–H groups in total. The molecule has 2 fully saturated rings. The van der Waals surface area contributed by atoms with E-state index in [0.29, 0.717) is 38.9 Å². The van der Waals surface area contributed by atoms with Crippen molar-refractivity contribution in [3.63, 3.8) is 0 Å². The highest BCUT2D eigenvalue weighted by molar-refractivity contribution is 5.76. The van der Waals surface area contributed by atoms with E-state index in [4.69, 9.17) is 4.74 Å². The fourth-order valence-corrected chi connectivity index (χ4v) is 3.68. The third-order valence-corrected chi connectivity index (χ3v) is 5.08. The number of anilines is 1. The van der Waals surface area contributed by atoms with Crippen LogP contribution in [0.15, 0.2) is 12.4 Å². The van der Waals surface area contributed by atoms with Crippen LogP contribution in [-0.4, -0.2) is 52.9 Å². The van der Waals surface area contributed by atoms with Crippen molar-refractivity contribution in [2.24, 2.45) is 5.92 Å². The van der Waals surface area contributed by atoms with Crippen LogP contribution in [0.25, 0.3) is 0 Å². The highest BCUT2D eigenvalue weighted by Gasteiger charge is 2.24. The van der Waals surface area contributed by atoms with Crippen molar-refractivity contribution in [2.75, 3.05) is 31.6 Å². The highest BCUT2D eigenvalue weighted by atomic mass is 16.5. The molecule has 2 heterocycles. The molecule has 1 aliphatic heterocycles. The lowest BCUT2D eigenvalue weighted by molar-refractivity contribution is -0.136. The van der Waals surface area contributed by atoms with Crippen LogP contribution in [0.2, 0.25) is 0 Å². The van der Waals surface area contributed by atoms with Crippen LogP contribution in [0.3, 0.4) is 0 Å². The zero-order valence-electron chi connectivity index (χ0n) is 14.0. The van der Waals surface area contributed by atoms with Gasteiger partial charge in [-0.25, -0.2) is 0 Å². The number of morpholine rings is 1. The summed E-state index contributed by atoms with van der Waals surface area (Å²) in [5.41, 5.74) is 1.03. The Bertz CT molecular complexity index is 510. The molecule has 1 saturated heterocycles. The Balaban J connectivity index is 1.54. The molecule has 0 bridgehead atoms. The van der Waals surface area contributed by atoms with Gasteiger partial charge in [0.1, 0.15) is 6.54 Å². The quantitative estimate of drug-likeness (QED) is 0.903. The molecular formula is C17H28N4O2. The van der Waals surface area contributed by atoms with Gasteiger partial charge in [0.2, 0.25) is 5.91 Å². The second kappa shape index (κ2) is 7.81. The summed E-state index contributed by atoms with van der Waals surface area (Å²) >= 11 is 0. The number of carbonyl (C=O) groups excluding carboxylic acids is 1. The maximum absolute atomic E-state index is 12.3. The number of amides is 1. The Morgan fingerprint density at radius 2 is 2.13 bits per heavy atom. The van der Waals surface area contributed by atoms with Gasteiger partial charge in [0.15, 0.2) is 0 Å². The lowest BCUT2D eigenvalue weighted by atomic mass is 9.83. The number of carbonyl (C=O) groups is 1. The third-order valence-electron chi connectivity index (χ3n) is 5.08. The van der Waals surface area contributed by atoms with Gasteiger partial charge in [-0.3, -0.25) is 9.48 Å². The number of nitrogens with zero attached hydrogens (tertiary/aromatic N) is 3. The first-order chi connectivity index (χ1) is 11.3. The standard InChI is InChI=1S/C17H28N4O2/c1-2-14-5-3-4-6-16(14)19-15-11-18-21(12-15)13-17(22)20-7-9-23-10-8-20/h11-12,14,16,19H,2-10,13H2,1H3/t14-,16-/m1/s1. The molecule has 2 atom stereocenters. The number of hydrogen-bond donors (Lipinski definition) is 1. The summed E-state index contributed by atoms with van der Waals surface area (Å²) in [4.78, 5) is 14.1. The average Bonchev–Trinajstić information content (AvgIpc) is 3.03. The van der Waals surface area contributed by atoms with Gasteiger partial charge in [-0.15, -0.1) is 0 Å². The number of aromatic nitrogens is 2. The highest BCUT2D eigenvalue weighted by Crippen LogP contribution is 2.29. The van der Waals surface area contributed by atoms with Crippen LogP contribution in [0, 0.1) is 5.92 Å². The van der Waals surface area contributed by atoms with Crippen molar-refractivity contribution in [3.05, 3.63) is 12.4 Å². The molecule has 1 aromatic rings. The molecule has 2 aliphatic rings. The largest absolute Gasteiger partial charge is 0.379 e. The van der Waals surface area contributed by atoms with Crippen molar-refractivity contribution in [1.82, 2.24) is 14.7 Å². The molecular weight excluding hydrogens is 292 g/mol. The summed E-state index contributed by atoms with van der Waals surface area (Å²) in [7, 11) is 0. The molecule has 0 spiro atoms. The zero-order valence-corrected chi connectivity index (χ0v) is 14.0. The number of ether oxygens (including phenoxy) is 1. The summed E-state index contributed by atoms with van der Waals surface area (Å²) in [5, 5.41) is 7.97. The molecule has 0 aromatic carbocycles. The van der Waals surface area contributed by atoms with E-state index in [0.717, 1.165) is 11.6 Å². The van der Waals surface area contributed by atoms with Crippen molar-refractivity contribution in [2.45, 2.75) is 51.6 Å². The van der Waals surface area contributed by atoms with Crippen molar-refractivity contribution in [3.8, 4) is 0 Å². The predicted molar refractivity (Wildman–Crippen MR) is 89.3 cm³/mol. The van der Waals surface area contributed by atoms with E-state index in [1.54, 1.807) is 4.68 Å². The van der Waals surface area contributed by atoms with E-state index in [1.165, 1.54) is 32.1 Å². The van der Waals surface area contributed by atoms with E-state index in [-0.39, 0.29) is 5.91 Å². The second-order valence-electron chi connectivity index (χ2n) is 6.62. The first-order valence-electron chi connectivity index (χ1n) is 8.90. The molecule has 128 valence electrons. The normalized spacial score (nSPS) is 25.3. The fourth-order valence-electron chi connectivity index (χ4n) is 3.68. The number of hydrogen-bond acceptors (Lipinski definition) is 4. The molecule has 0 unspecified atom stereocenters. The maximum atomic E-state index is 12.3. The summed E-state index contributed by atoms with van der Waals surface area (Å²) in [6.45, 7) is 5.23. The van der Waals surface area contributed by atoms with Gasteiger partial charge in [-0.1, -0.05) is 26.2 Å². The van der Waals surface area contributed by atoms with Gasteiger partial charge in [0.25, 0.3) is 0 Å². The molecule has 3 rings (SSSR count). The molecule has 0 radical (unpaired) electrons. The minimum atomic E-state index is 0.118. The van der Waals surface area contributed by atoms with Crippen molar-refractivity contribution >= 4 is 11.6 Å². The van der Waals surface area contributed by atoms with E-state index in [2.05, 4.69) is 17.3 Å². The molecule has 1 amide bonds. The van der Waals surface area contributed by atoms with Gasteiger partial charge in [0, 0.05) is 25.3 Å². The predicted octanol–water partition coefficient (Wildman–Crippen LogP) is 2.12. The Kier molecular flexibility index (Phi) is 5.54. The Hall–Kier alpha value is -1.56. The third kappa shape index (κ3) is 4.25. The van der Waals surface area contributed by atoms with E-state index in [1.807, 2.05) is 17.3 Å². The molecule has 6 nitrogen and oxygen atoms in total. The minimum Gasteiger partial charge on any atom is -0.379 e. The lowest BCUT2D eigenvalue weighted by Gasteiger charge is -2.31. The summed E-state index contributed by atoms with van der Waals surface area (Å²) in [6.07, 6.45) is 10.2. The van der Waals surface area contributed by atoms with Crippen LogP contribution in [0.5, 0.6) is 0 Å². The molecule has 23 heavy (non-hydrogen) atoms. The smallest absolute Gasteiger partial charge is 0.244 e. The molecule has 1 aliphatic carbocycles. The van der Waals surface area contributed by atoms with E-state index in [9.17, 15) is 4.79 Å². The van der Waals surface area contributed by atoms with Crippen LogP contribution < -0.4 is 5.32 Å². The Labute approximate surface area is 138 Å². The van der Waals surface area contributed by atoms with Gasteiger partial charge < -0.3 is 15.0 Å². The van der Waals surface area contributed by atoms with E-state index < -0.39 is 0 Å². The SMILES string of the molecule is CC[C@@H]1CCCC[C@H]1Nc1cnn(CC(=O)N2CCOCC2)c1. The average molecular weight is 320 g/mol. The summed E-state index contributed by atoms with van der Waals surface area (Å²) < 4.78 is 7.02.